The molecule has 0 aliphatic rings. The molecule has 8 heteroatoms. The van der Waals surface area contributed by atoms with E-state index in [0.717, 1.165) is 16.5 Å². The molecule has 5 nitrogen and oxygen atoms in total. The topological polar surface area (TPSA) is 60.4 Å². The minimum atomic E-state index is -0.337. The zero-order valence-corrected chi connectivity index (χ0v) is 19.9. The Morgan fingerprint density at radius 3 is 2.74 bits per heavy atom. The summed E-state index contributed by atoms with van der Waals surface area (Å²) in [6.45, 7) is 4.05. The Balaban J connectivity index is 1.76. The van der Waals surface area contributed by atoms with E-state index in [1.165, 1.54) is 23.0 Å². The van der Waals surface area contributed by atoms with Crippen LogP contribution in [0.4, 0.5) is 4.39 Å². The van der Waals surface area contributed by atoms with Gasteiger partial charge in [-0.05, 0) is 70.9 Å². The van der Waals surface area contributed by atoms with Crippen molar-refractivity contribution in [3.8, 4) is 11.3 Å². The quantitative estimate of drug-likeness (QED) is 0.261. The minimum Gasteiger partial charge on any atom is -0.455 e. The second kappa shape index (κ2) is 8.88. The Bertz CT molecular complexity index is 1360. The van der Waals surface area contributed by atoms with Crippen molar-refractivity contribution in [1.82, 2.24) is 9.66 Å². The number of fused-ring (bicyclic) bond motifs is 1. The summed E-state index contributed by atoms with van der Waals surface area (Å²) in [6, 6.07) is 13.3. The second-order valence-corrected chi connectivity index (χ2v) is 8.90. The van der Waals surface area contributed by atoms with Crippen LogP contribution in [0, 0.1) is 5.82 Å². The Morgan fingerprint density at radius 1 is 1.19 bits per heavy atom. The van der Waals surface area contributed by atoms with Crippen molar-refractivity contribution >= 4 is 49.0 Å². The lowest BCUT2D eigenvalue weighted by atomic mass is 10.1. The maximum atomic E-state index is 13.4. The summed E-state index contributed by atoms with van der Waals surface area (Å²) < 4.78 is 21.9. The molecule has 0 unspecified atom stereocenters. The fourth-order valence-corrected chi connectivity index (χ4v) is 4.06. The molecule has 158 valence electrons. The summed E-state index contributed by atoms with van der Waals surface area (Å²) in [7, 11) is 0. The van der Waals surface area contributed by atoms with Crippen molar-refractivity contribution in [1.29, 1.82) is 0 Å². The fourth-order valence-electron chi connectivity index (χ4n) is 3.15. The van der Waals surface area contributed by atoms with E-state index in [9.17, 15) is 9.18 Å². The molecule has 0 N–H and O–H groups in total. The lowest BCUT2D eigenvalue weighted by molar-refractivity contribution is 0.570. The molecule has 1 atom stereocenters. The summed E-state index contributed by atoms with van der Waals surface area (Å²) in [4.78, 5) is 17.9. The summed E-state index contributed by atoms with van der Waals surface area (Å²) in [6.07, 6.45) is 2.30. The first-order chi connectivity index (χ1) is 14.9. The van der Waals surface area contributed by atoms with E-state index in [-0.39, 0.29) is 17.3 Å². The van der Waals surface area contributed by atoms with Gasteiger partial charge in [-0.25, -0.2) is 9.37 Å². The highest BCUT2D eigenvalue weighted by atomic mass is 79.9. The molecule has 2 heterocycles. The summed E-state index contributed by atoms with van der Waals surface area (Å²) in [5.41, 5.74) is 1.11. The van der Waals surface area contributed by atoms with E-state index in [1.807, 2.05) is 26.0 Å². The molecule has 0 amide bonds. The number of hydrogen-bond acceptors (Lipinski definition) is 4. The molecule has 0 aliphatic heterocycles. The molecule has 0 aliphatic carbocycles. The van der Waals surface area contributed by atoms with Crippen molar-refractivity contribution < 1.29 is 8.81 Å². The molecular weight excluding hydrogens is 529 g/mol. The number of nitrogens with zero attached hydrogens (tertiary/aromatic N) is 3. The summed E-state index contributed by atoms with van der Waals surface area (Å²) in [5.74, 6) is 1.31. The van der Waals surface area contributed by atoms with Gasteiger partial charge in [0.2, 0.25) is 0 Å². The average molecular weight is 547 g/mol. The van der Waals surface area contributed by atoms with Crippen molar-refractivity contribution in [2.45, 2.75) is 26.2 Å². The monoisotopic (exact) mass is 545 g/mol. The van der Waals surface area contributed by atoms with Crippen LogP contribution in [0.2, 0.25) is 0 Å². The maximum absolute atomic E-state index is 13.4. The van der Waals surface area contributed by atoms with Gasteiger partial charge in [0.15, 0.2) is 0 Å². The van der Waals surface area contributed by atoms with Gasteiger partial charge in [0.05, 0.1) is 17.1 Å². The van der Waals surface area contributed by atoms with Gasteiger partial charge in [0.25, 0.3) is 5.56 Å². The fraction of sp³-hybridized carbons (Fsp3) is 0.174. The molecule has 0 bridgehead atoms. The molecule has 0 saturated heterocycles. The van der Waals surface area contributed by atoms with Crippen molar-refractivity contribution in [2.75, 3.05) is 0 Å². The van der Waals surface area contributed by atoms with Crippen molar-refractivity contribution in [3.63, 3.8) is 0 Å². The van der Waals surface area contributed by atoms with E-state index in [4.69, 9.17) is 4.42 Å². The number of aromatic nitrogens is 2. The van der Waals surface area contributed by atoms with E-state index in [1.54, 1.807) is 24.3 Å². The van der Waals surface area contributed by atoms with Crippen LogP contribution < -0.4 is 5.56 Å². The summed E-state index contributed by atoms with van der Waals surface area (Å²) >= 11 is 6.76. The Morgan fingerprint density at radius 2 is 2.00 bits per heavy atom. The van der Waals surface area contributed by atoms with Crippen molar-refractivity contribution in [3.05, 3.63) is 85.2 Å². The predicted molar refractivity (Wildman–Crippen MR) is 127 cm³/mol. The van der Waals surface area contributed by atoms with Gasteiger partial charge in [0.1, 0.15) is 23.2 Å². The largest absolute Gasteiger partial charge is 0.455 e. The number of rotatable bonds is 5. The van der Waals surface area contributed by atoms with Gasteiger partial charge in [-0.3, -0.25) is 4.79 Å². The molecule has 0 saturated carbocycles. The highest BCUT2D eigenvalue weighted by Crippen LogP contribution is 2.30. The van der Waals surface area contributed by atoms with Crippen LogP contribution in [0.15, 0.2) is 71.8 Å². The van der Waals surface area contributed by atoms with Crippen LogP contribution in [-0.4, -0.2) is 15.9 Å². The third-order valence-corrected chi connectivity index (χ3v) is 6.16. The maximum Gasteiger partial charge on any atom is 0.282 e. The van der Waals surface area contributed by atoms with Crippen LogP contribution in [0.25, 0.3) is 22.2 Å². The Kier molecular flexibility index (Phi) is 6.20. The zero-order chi connectivity index (χ0) is 22.1. The first-order valence-electron chi connectivity index (χ1n) is 9.69. The summed E-state index contributed by atoms with van der Waals surface area (Å²) in [5, 5.41) is 4.88. The smallest absolute Gasteiger partial charge is 0.282 e. The first kappa shape index (κ1) is 21.6. The molecule has 31 heavy (non-hydrogen) atoms. The van der Waals surface area contributed by atoms with Crippen LogP contribution in [0.5, 0.6) is 0 Å². The molecule has 4 rings (SSSR count). The van der Waals surface area contributed by atoms with Crippen LogP contribution in [0.3, 0.4) is 0 Å². The highest BCUT2D eigenvalue weighted by molar-refractivity contribution is 9.10. The normalized spacial score (nSPS) is 12.7. The standard InChI is InChI=1S/C23H18Br2FN3O2/c1-3-13(2)22-28-20-8-4-14(24)10-18(20)23(30)29(22)27-12-16-6-9-21(31-16)17-7-5-15(26)11-19(17)25/h4-13H,3H2,1-2H3/t13-/m0/s1. The third-order valence-electron chi connectivity index (χ3n) is 5.01. The van der Waals surface area contributed by atoms with Gasteiger partial charge >= 0.3 is 0 Å². The second-order valence-electron chi connectivity index (χ2n) is 7.13. The SMILES string of the molecule is CC[C@H](C)c1nc2ccc(Br)cc2c(=O)n1N=Cc1ccc(-c2ccc(F)cc2Br)o1. The van der Waals surface area contributed by atoms with Gasteiger partial charge < -0.3 is 4.42 Å². The molecule has 0 fully saturated rings. The van der Waals surface area contributed by atoms with Crippen LogP contribution in [0.1, 0.15) is 37.8 Å². The third kappa shape index (κ3) is 4.41. The molecule has 0 spiro atoms. The van der Waals surface area contributed by atoms with E-state index in [2.05, 4.69) is 41.9 Å². The average Bonchev–Trinajstić information content (AvgIpc) is 3.21. The van der Waals surface area contributed by atoms with Crippen LogP contribution in [-0.2, 0) is 0 Å². The molecule has 0 radical (unpaired) electrons. The van der Waals surface area contributed by atoms with E-state index in [0.29, 0.717) is 32.7 Å². The molecule has 2 aromatic carbocycles. The van der Waals surface area contributed by atoms with Gasteiger partial charge in [-0.2, -0.15) is 9.78 Å². The van der Waals surface area contributed by atoms with Gasteiger partial charge in [-0.1, -0.05) is 29.8 Å². The molecular formula is C23H18Br2FN3O2. The van der Waals surface area contributed by atoms with Gasteiger partial charge in [-0.15, -0.1) is 0 Å². The number of benzene rings is 2. The van der Waals surface area contributed by atoms with E-state index < -0.39 is 0 Å². The lowest BCUT2D eigenvalue weighted by Crippen LogP contribution is -2.23. The van der Waals surface area contributed by atoms with E-state index >= 15 is 0 Å². The lowest BCUT2D eigenvalue weighted by Gasteiger charge is -2.13. The highest BCUT2D eigenvalue weighted by Gasteiger charge is 2.16. The number of furan rings is 1. The first-order valence-corrected chi connectivity index (χ1v) is 11.3. The minimum absolute atomic E-state index is 0.0419. The zero-order valence-electron chi connectivity index (χ0n) is 16.8. The van der Waals surface area contributed by atoms with Crippen LogP contribution >= 0.6 is 31.9 Å². The number of hydrogen-bond donors (Lipinski definition) is 0. The Labute approximate surface area is 194 Å². The van der Waals surface area contributed by atoms with Crippen molar-refractivity contribution in [2.24, 2.45) is 5.10 Å². The molecule has 2 aromatic heterocycles. The molecule has 4 aromatic rings. The Hall–Kier alpha value is -2.58. The number of halogens is 3. The predicted octanol–water partition coefficient (Wildman–Crippen LogP) is 6.72. The van der Waals surface area contributed by atoms with Gasteiger partial charge in [0, 0.05) is 20.4 Å².